The van der Waals surface area contributed by atoms with Crippen LogP contribution in [0.15, 0.2) is 30.3 Å². The number of ether oxygens (including phenoxy) is 4. The highest BCUT2D eigenvalue weighted by atomic mass is 16.5. The monoisotopic (exact) mass is 344 g/mol. The third-order valence-corrected chi connectivity index (χ3v) is 4.29. The van der Waals surface area contributed by atoms with Crippen LogP contribution in [0.25, 0.3) is 0 Å². The van der Waals surface area contributed by atoms with Gasteiger partial charge in [-0.3, -0.25) is 4.79 Å². The van der Waals surface area contributed by atoms with E-state index in [1.807, 2.05) is 6.07 Å². The van der Waals surface area contributed by atoms with Crippen LogP contribution in [-0.4, -0.2) is 38.8 Å². The normalized spacial score (nSPS) is 15.7. The smallest absolute Gasteiger partial charge is 0.203 e. The molecule has 1 atom stereocenters. The number of phenolic OH excluding ortho intramolecular Hbond substituents is 1. The van der Waals surface area contributed by atoms with Gasteiger partial charge < -0.3 is 24.1 Å². The molecule has 1 aliphatic rings. The summed E-state index contributed by atoms with van der Waals surface area (Å²) in [5.74, 6) is 1.43. The number of Topliss-reactive ketones (excluding diaryl/α,β-unsaturated/α-hetero) is 1. The molecule has 0 aromatic heterocycles. The maximum atomic E-state index is 12.9. The van der Waals surface area contributed by atoms with Gasteiger partial charge in [-0.15, -0.1) is 0 Å². The second-order valence-electron chi connectivity index (χ2n) is 5.76. The first-order chi connectivity index (χ1) is 12.1. The molecule has 0 fully saturated rings. The Morgan fingerprint density at radius 3 is 2.40 bits per heavy atom. The Kier molecular flexibility index (Phi) is 4.70. The van der Waals surface area contributed by atoms with Crippen LogP contribution in [0.1, 0.15) is 15.9 Å². The van der Waals surface area contributed by atoms with E-state index in [-0.39, 0.29) is 24.1 Å². The summed E-state index contributed by atoms with van der Waals surface area (Å²) in [6.07, 6.45) is 0.499. The lowest BCUT2D eigenvalue weighted by molar-refractivity contribution is 0.0851. The average Bonchev–Trinajstić information content (AvgIpc) is 2.66. The summed E-state index contributed by atoms with van der Waals surface area (Å²) in [6, 6.07) is 8.44. The van der Waals surface area contributed by atoms with E-state index in [2.05, 4.69) is 0 Å². The van der Waals surface area contributed by atoms with Gasteiger partial charge in [-0.2, -0.15) is 0 Å². The molecule has 1 N–H and O–H groups in total. The number of ketones is 1. The van der Waals surface area contributed by atoms with E-state index >= 15 is 0 Å². The topological polar surface area (TPSA) is 74.2 Å². The van der Waals surface area contributed by atoms with Crippen molar-refractivity contribution < 1.29 is 28.8 Å². The maximum absolute atomic E-state index is 12.9. The first kappa shape index (κ1) is 17.0. The van der Waals surface area contributed by atoms with Crippen LogP contribution in [0.4, 0.5) is 0 Å². The summed E-state index contributed by atoms with van der Waals surface area (Å²) in [4.78, 5) is 12.9. The van der Waals surface area contributed by atoms with Gasteiger partial charge in [0.25, 0.3) is 0 Å². The number of hydrogen-bond acceptors (Lipinski definition) is 6. The number of phenols is 1. The number of hydrogen-bond donors (Lipinski definition) is 1. The van der Waals surface area contributed by atoms with Crippen molar-refractivity contribution in [1.29, 1.82) is 0 Å². The molecule has 3 rings (SSSR count). The van der Waals surface area contributed by atoms with Gasteiger partial charge in [-0.25, -0.2) is 0 Å². The van der Waals surface area contributed by atoms with E-state index in [4.69, 9.17) is 18.9 Å². The minimum atomic E-state index is -0.350. The van der Waals surface area contributed by atoms with Crippen molar-refractivity contribution in [2.24, 2.45) is 5.92 Å². The molecule has 0 saturated carbocycles. The van der Waals surface area contributed by atoms with E-state index in [1.165, 1.54) is 21.3 Å². The predicted octanol–water partition coefficient (Wildman–Crippen LogP) is 2.85. The van der Waals surface area contributed by atoms with Crippen molar-refractivity contribution in [3.8, 4) is 28.7 Å². The lowest BCUT2D eigenvalue weighted by Gasteiger charge is -2.25. The second kappa shape index (κ2) is 6.93. The Balaban J connectivity index is 1.91. The number of rotatable bonds is 5. The van der Waals surface area contributed by atoms with Gasteiger partial charge in [-0.05, 0) is 30.2 Å². The summed E-state index contributed by atoms with van der Waals surface area (Å²) in [5, 5.41) is 9.84. The molecule has 1 heterocycles. The maximum Gasteiger partial charge on any atom is 0.203 e. The van der Waals surface area contributed by atoms with E-state index in [1.54, 1.807) is 24.3 Å². The van der Waals surface area contributed by atoms with Crippen molar-refractivity contribution >= 4 is 5.78 Å². The number of para-hydroxylation sites is 1. The van der Waals surface area contributed by atoms with Gasteiger partial charge in [0.15, 0.2) is 28.8 Å². The fourth-order valence-electron chi connectivity index (χ4n) is 3.03. The zero-order valence-corrected chi connectivity index (χ0v) is 14.4. The largest absolute Gasteiger partial charge is 0.504 e. The fraction of sp³-hybridized carbons (Fsp3) is 0.316. The molecule has 132 valence electrons. The molecule has 2 aromatic rings. The highest BCUT2D eigenvalue weighted by Crippen LogP contribution is 2.40. The van der Waals surface area contributed by atoms with Crippen LogP contribution in [0.2, 0.25) is 0 Å². The van der Waals surface area contributed by atoms with Crippen molar-refractivity contribution in [1.82, 2.24) is 0 Å². The minimum Gasteiger partial charge on any atom is -0.504 e. The molecule has 25 heavy (non-hydrogen) atoms. The Hall–Kier alpha value is -2.89. The van der Waals surface area contributed by atoms with E-state index in [0.29, 0.717) is 35.0 Å². The summed E-state index contributed by atoms with van der Waals surface area (Å²) in [7, 11) is 4.53. The Bertz CT molecular complexity index is 773. The standard InChI is InChI=1S/C19H20O6/c1-22-15-8-12(9-16(23-2)19(15)24-3)17(21)13-7-11-5-4-6-14(20)18(11)25-10-13/h4-6,8-9,13,20H,7,10H2,1-3H3. The molecule has 0 radical (unpaired) electrons. The Labute approximate surface area is 145 Å². The Morgan fingerprint density at radius 2 is 1.80 bits per heavy atom. The van der Waals surface area contributed by atoms with Crippen LogP contribution in [0.5, 0.6) is 28.7 Å². The summed E-state index contributed by atoms with van der Waals surface area (Å²) in [6.45, 7) is 0.208. The number of carbonyl (C=O) groups is 1. The first-order valence-electron chi connectivity index (χ1n) is 7.87. The van der Waals surface area contributed by atoms with Gasteiger partial charge in [0.2, 0.25) is 5.75 Å². The molecule has 0 saturated heterocycles. The summed E-state index contributed by atoms with van der Waals surface area (Å²) in [5.41, 5.74) is 1.28. The lowest BCUT2D eigenvalue weighted by atomic mass is 9.89. The third kappa shape index (κ3) is 3.07. The van der Waals surface area contributed by atoms with Crippen molar-refractivity contribution in [2.45, 2.75) is 6.42 Å². The number of benzene rings is 2. The first-order valence-corrected chi connectivity index (χ1v) is 7.87. The molecular formula is C19H20O6. The quantitative estimate of drug-likeness (QED) is 0.841. The SMILES string of the molecule is COc1cc(C(=O)C2COc3c(O)cccc3C2)cc(OC)c1OC. The minimum absolute atomic E-state index is 0.0757. The molecule has 1 unspecified atom stereocenters. The van der Waals surface area contributed by atoms with E-state index in [9.17, 15) is 9.90 Å². The average molecular weight is 344 g/mol. The fourth-order valence-corrected chi connectivity index (χ4v) is 3.03. The lowest BCUT2D eigenvalue weighted by Crippen LogP contribution is -2.28. The molecule has 0 amide bonds. The molecule has 0 spiro atoms. The van der Waals surface area contributed by atoms with Crippen molar-refractivity contribution in [3.05, 3.63) is 41.5 Å². The van der Waals surface area contributed by atoms with Gasteiger partial charge >= 0.3 is 0 Å². The van der Waals surface area contributed by atoms with E-state index in [0.717, 1.165) is 5.56 Å². The van der Waals surface area contributed by atoms with Crippen LogP contribution in [-0.2, 0) is 6.42 Å². The predicted molar refractivity (Wildman–Crippen MR) is 91.2 cm³/mol. The van der Waals surface area contributed by atoms with Gasteiger partial charge in [0.1, 0.15) is 0 Å². The van der Waals surface area contributed by atoms with Gasteiger partial charge in [0, 0.05) is 5.56 Å². The molecule has 1 aliphatic heterocycles. The number of methoxy groups -OCH3 is 3. The number of carbonyl (C=O) groups excluding carboxylic acids is 1. The van der Waals surface area contributed by atoms with Crippen molar-refractivity contribution in [3.63, 3.8) is 0 Å². The Morgan fingerprint density at radius 1 is 1.12 bits per heavy atom. The van der Waals surface area contributed by atoms with Crippen LogP contribution >= 0.6 is 0 Å². The molecule has 6 nitrogen and oxygen atoms in total. The summed E-state index contributed by atoms with van der Waals surface area (Å²) < 4.78 is 21.5. The summed E-state index contributed by atoms with van der Waals surface area (Å²) >= 11 is 0. The molecule has 0 bridgehead atoms. The highest BCUT2D eigenvalue weighted by molar-refractivity contribution is 5.99. The van der Waals surface area contributed by atoms with Gasteiger partial charge in [0.05, 0.1) is 33.9 Å². The third-order valence-electron chi connectivity index (χ3n) is 4.29. The van der Waals surface area contributed by atoms with Gasteiger partial charge in [-0.1, -0.05) is 12.1 Å². The molecular weight excluding hydrogens is 324 g/mol. The van der Waals surface area contributed by atoms with Crippen LogP contribution in [0, 0.1) is 5.92 Å². The molecule has 6 heteroatoms. The molecule has 2 aromatic carbocycles. The molecule has 0 aliphatic carbocycles. The number of fused-ring (bicyclic) bond motifs is 1. The van der Waals surface area contributed by atoms with Crippen molar-refractivity contribution in [2.75, 3.05) is 27.9 Å². The second-order valence-corrected chi connectivity index (χ2v) is 5.76. The van der Waals surface area contributed by atoms with E-state index < -0.39 is 0 Å². The number of aromatic hydroxyl groups is 1. The zero-order chi connectivity index (χ0) is 18.0. The van der Waals surface area contributed by atoms with Crippen LogP contribution < -0.4 is 18.9 Å². The highest BCUT2D eigenvalue weighted by Gasteiger charge is 2.29. The zero-order valence-electron chi connectivity index (χ0n) is 14.4. The van der Waals surface area contributed by atoms with Crippen LogP contribution in [0.3, 0.4) is 0 Å².